The molecule has 2 N–H and O–H groups in total. The summed E-state index contributed by atoms with van der Waals surface area (Å²) in [6.07, 6.45) is 1.72. The van der Waals surface area contributed by atoms with Crippen LogP contribution in [-0.2, 0) is 5.75 Å². The van der Waals surface area contributed by atoms with Crippen LogP contribution in [0, 0.1) is 6.92 Å². The highest BCUT2D eigenvalue weighted by Crippen LogP contribution is 2.29. The Morgan fingerprint density at radius 3 is 2.95 bits per heavy atom. The number of fused-ring (bicyclic) bond motifs is 1. The predicted molar refractivity (Wildman–Crippen MR) is 86.6 cm³/mol. The Labute approximate surface area is 126 Å². The number of anilines is 1. The van der Waals surface area contributed by atoms with Crippen molar-refractivity contribution in [1.29, 1.82) is 0 Å². The fourth-order valence-electron chi connectivity index (χ4n) is 2.11. The second-order valence-corrected chi connectivity index (χ2v) is 5.81. The van der Waals surface area contributed by atoms with E-state index in [0.717, 1.165) is 21.8 Å². The number of nitrogens with two attached hydrogens (primary N) is 1. The average Bonchev–Trinajstić information content (AvgIpc) is 2.49. The Morgan fingerprint density at radius 1 is 1.24 bits per heavy atom. The van der Waals surface area contributed by atoms with Gasteiger partial charge in [0, 0.05) is 28.6 Å². The van der Waals surface area contributed by atoms with E-state index in [1.165, 1.54) is 4.40 Å². The number of nitrogen functional groups attached to an aromatic ring is 1. The SMILES string of the molecule is Cc1cccc(SCc2cc(=O)n3ccccc3n2)c1N. The number of hydrogen-bond acceptors (Lipinski definition) is 4. The van der Waals surface area contributed by atoms with Crippen LogP contribution in [0.3, 0.4) is 0 Å². The zero-order chi connectivity index (χ0) is 14.8. The molecule has 0 atom stereocenters. The number of nitrogens with zero attached hydrogens (tertiary/aromatic N) is 2. The Morgan fingerprint density at radius 2 is 2.10 bits per heavy atom. The first-order valence-electron chi connectivity index (χ1n) is 6.60. The fraction of sp³-hybridized carbons (Fsp3) is 0.125. The summed E-state index contributed by atoms with van der Waals surface area (Å²) in [5.74, 6) is 0.619. The van der Waals surface area contributed by atoms with Crippen LogP contribution < -0.4 is 11.3 Å². The van der Waals surface area contributed by atoms with Gasteiger partial charge in [-0.1, -0.05) is 18.2 Å². The third kappa shape index (κ3) is 2.78. The van der Waals surface area contributed by atoms with Crippen molar-refractivity contribution >= 4 is 23.1 Å². The average molecular weight is 297 g/mol. The van der Waals surface area contributed by atoms with E-state index in [1.54, 1.807) is 24.0 Å². The van der Waals surface area contributed by atoms with Crippen molar-refractivity contribution in [1.82, 2.24) is 9.38 Å². The first-order chi connectivity index (χ1) is 10.1. The van der Waals surface area contributed by atoms with E-state index in [1.807, 2.05) is 43.3 Å². The molecule has 2 aromatic heterocycles. The first kappa shape index (κ1) is 13.7. The summed E-state index contributed by atoms with van der Waals surface area (Å²) in [7, 11) is 0. The summed E-state index contributed by atoms with van der Waals surface area (Å²) in [6, 6.07) is 13.1. The minimum atomic E-state index is -0.0617. The maximum Gasteiger partial charge on any atom is 0.258 e. The minimum absolute atomic E-state index is 0.0617. The van der Waals surface area contributed by atoms with E-state index in [2.05, 4.69) is 4.98 Å². The monoisotopic (exact) mass is 297 g/mol. The molecule has 106 valence electrons. The van der Waals surface area contributed by atoms with Crippen molar-refractivity contribution in [2.24, 2.45) is 0 Å². The number of rotatable bonds is 3. The third-order valence-corrected chi connectivity index (χ3v) is 4.39. The maximum absolute atomic E-state index is 12.0. The summed E-state index contributed by atoms with van der Waals surface area (Å²) in [6.45, 7) is 1.99. The van der Waals surface area contributed by atoms with Crippen molar-refractivity contribution in [3.05, 3.63) is 70.3 Å². The largest absolute Gasteiger partial charge is 0.398 e. The van der Waals surface area contributed by atoms with Crippen molar-refractivity contribution in [2.45, 2.75) is 17.6 Å². The van der Waals surface area contributed by atoms with Gasteiger partial charge in [-0.05, 0) is 30.7 Å². The lowest BCUT2D eigenvalue weighted by Gasteiger charge is -2.08. The first-order valence-corrected chi connectivity index (χ1v) is 7.59. The van der Waals surface area contributed by atoms with E-state index in [9.17, 15) is 4.79 Å². The molecular formula is C16H15N3OS. The Kier molecular flexibility index (Phi) is 3.66. The van der Waals surface area contributed by atoms with E-state index >= 15 is 0 Å². The van der Waals surface area contributed by atoms with E-state index in [4.69, 9.17) is 5.73 Å². The van der Waals surface area contributed by atoms with Gasteiger partial charge in [-0.2, -0.15) is 0 Å². The van der Waals surface area contributed by atoms with E-state index in [-0.39, 0.29) is 5.56 Å². The molecular weight excluding hydrogens is 282 g/mol. The highest BCUT2D eigenvalue weighted by molar-refractivity contribution is 7.98. The van der Waals surface area contributed by atoms with Crippen LogP contribution in [-0.4, -0.2) is 9.38 Å². The van der Waals surface area contributed by atoms with Crippen LogP contribution in [0.25, 0.3) is 5.65 Å². The predicted octanol–water partition coefficient (Wildman–Crippen LogP) is 2.88. The molecule has 21 heavy (non-hydrogen) atoms. The summed E-state index contributed by atoms with van der Waals surface area (Å²) in [4.78, 5) is 17.5. The summed E-state index contributed by atoms with van der Waals surface area (Å²) in [5.41, 5.74) is 9.28. The highest BCUT2D eigenvalue weighted by atomic mass is 32.2. The molecule has 0 spiro atoms. The van der Waals surface area contributed by atoms with Crippen LogP contribution in [0.1, 0.15) is 11.3 Å². The van der Waals surface area contributed by atoms with Gasteiger partial charge in [-0.3, -0.25) is 9.20 Å². The number of thioether (sulfide) groups is 1. The molecule has 0 aliphatic rings. The summed E-state index contributed by atoms with van der Waals surface area (Å²) >= 11 is 1.60. The van der Waals surface area contributed by atoms with Crippen molar-refractivity contribution in [2.75, 3.05) is 5.73 Å². The summed E-state index contributed by atoms with van der Waals surface area (Å²) < 4.78 is 1.54. The zero-order valence-corrected chi connectivity index (χ0v) is 12.4. The smallest absolute Gasteiger partial charge is 0.258 e. The Balaban J connectivity index is 1.89. The molecule has 0 radical (unpaired) electrons. The molecule has 5 heteroatoms. The molecule has 1 aromatic carbocycles. The highest BCUT2D eigenvalue weighted by Gasteiger charge is 2.06. The van der Waals surface area contributed by atoms with Gasteiger partial charge in [0.1, 0.15) is 5.65 Å². The van der Waals surface area contributed by atoms with Crippen LogP contribution >= 0.6 is 11.8 Å². The lowest BCUT2D eigenvalue weighted by Crippen LogP contribution is -2.14. The molecule has 0 amide bonds. The molecule has 0 unspecified atom stereocenters. The number of benzene rings is 1. The van der Waals surface area contributed by atoms with Gasteiger partial charge in [0.15, 0.2) is 0 Å². The van der Waals surface area contributed by atoms with Crippen LogP contribution in [0.15, 0.2) is 58.4 Å². The molecule has 0 bridgehead atoms. The van der Waals surface area contributed by atoms with Gasteiger partial charge in [-0.15, -0.1) is 11.8 Å². The zero-order valence-electron chi connectivity index (χ0n) is 11.6. The van der Waals surface area contributed by atoms with Gasteiger partial charge in [0.2, 0.25) is 0 Å². The number of aryl methyl sites for hydroxylation is 1. The molecule has 0 saturated carbocycles. The Bertz CT molecular complexity index is 858. The van der Waals surface area contributed by atoms with Crippen molar-refractivity contribution < 1.29 is 0 Å². The van der Waals surface area contributed by atoms with Gasteiger partial charge >= 0.3 is 0 Å². The molecule has 0 fully saturated rings. The van der Waals surface area contributed by atoms with Crippen LogP contribution in [0.4, 0.5) is 5.69 Å². The van der Waals surface area contributed by atoms with E-state index in [0.29, 0.717) is 11.4 Å². The number of hydrogen-bond donors (Lipinski definition) is 1. The minimum Gasteiger partial charge on any atom is -0.398 e. The molecule has 3 rings (SSSR count). The molecule has 3 aromatic rings. The second-order valence-electron chi connectivity index (χ2n) is 4.79. The molecule has 4 nitrogen and oxygen atoms in total. The van der Waals surface area contributed by atoms with Gasteiger partial charge < -0.3 is 5.73 Å². The standard InChI is InChI=1S/C16H15N3OS/c1-11-5-4-6-13(16(11)17)21-10-12-9-15(20)19-8-3-2-7-14(19)18-12/h2-9H,10,17H2,1H3. The topological polar surface area (TPSA) is 60.4 Å². The molecule has 0 aliphatic carbocycles. The van der Waals surface area contributed by atoms with Gasteiger partial charge in [-0.25, -0.2) is 4.98 Å². The molecule has 2 heterocycles. The van der Waals surface area contributed by atoms with Gasteiger partial charge in [0.25, 0.3) is 5.56 Å². The van der Waals surface area contributed by atoms with Crippen molar-refractivity contribution in [3.8, 4) is 0 Å². The second kappa shape index (κ2) is 5.61. The number of para-hydroxylation sites is 1. The molecule has 0 aliphatic heterocycles. The number of pyridine rings is 1. The fourth-order valence-corrected chi connectivity index (χ4v) is 3.05. The number of aromatic nitrogens is 2. The lowest BCUT2D eigenvalue weighted by molar-refractivity contribution is 1.01. The van der Waals surface area contributed by atoms with Crippen LogP contribution in [0.5, 0.6) is 0 Å². The lowest BCUT2D eigenvalue weighted by atomic mass is 10.2. The summed E-state index contributed by atoms with van der Waals surface area (Å²) in [5, 5.41) is 0. The maximum atomic E-state index is 12.0. The van der Waals surface area contributed by atoms with Gasteiger partial charge in [0.05, 0.1) is 5.69 Å². The Hall–Kier alpha value is -2.27. The normalized spacial score (nSPS) is 10.9. The van der Waals surface area contributed by atoms with Crippen molar-refractivity contribution in [3.63, 3.8) is 0 Å². The van der Waals surface area contributed by atoms with E-state index < -0.39 is 0 Å². The third-order valence-electron chi connectivity index (χ3n) is 3.28. The molecule has 0 saturated heterocycles. The quantitative estimate of drug-likeness (QED) is 0.596. The van der Waals surface area contributed by atoms with Crippen LogP contribution in [0.2, 0.25) is 0 Å².